The Morgan fingerprint density at radius 3 is 2.19 bits per heavy atom. The lowest BCUT2D eigenvalue weighted by Gasteiger charge is -2.32. The summed E-state index contributed by atoms with van der Waals surface area (Å²) in [4.78, 5) is 25.6. The molecule has 2 atom stereocenters. The zero-order valence-electron chi connectivity index (χ0n) is 11.8. The molecule has 1 aliphatic carbocycles. The van der Waals surface area contributed by atoms with E-state index in [1.165, 1.54) is 0 Å². The number of ether oxygens (including phenoxy) is 1. The second kappa shape index (κ2) is 5.85. The van der Waals surface area contributed by atoms with Crippen LogP contribution in [-0.4, -0.2) is 43.2 Å². The van der Waals surface area contributed by atoms with Crippen molar-refractivity contribution in [2.45, 2.75) is 12.8 Å². The Kier molecular flexibility index (Phi) is 3.92. The van der Waals surface area contributed by atoms with E-state index in [4.69, 9.17) is 9.84 Å². The molecule has 0 amide bonds. The molecule has 0 spiro atoms. The third-order valence-corrected chi connectivity index (χ3v) is 4.46. The lowest BCUT2D eigenvalue weighted by Crippen LogP contribution is -2.38. The van der Waals surface area contributed by atoms with E-state index in [1.807, 2.05) is 24.3 Å². The van der Waals surface area contributed by atoms with Gasteiger partial charge in [0.2, 0.25) is 0 Å². The van der Waals surface area contributed by atoms with Crippen LogP contribution in [-0.2, 0) is 9.53 Å². The quantitative estimate of drug-likeness (QED) is 0.856. The summed E-state index contributed by atoms with van der Waals surface area (Å²) in [6.07, 6.45) is 1.29. The Morgan fingerprint density at radius 1 is 1.05 bits per heavy atom. The maximum Gasteiger partial charge on any atom is 0.307 e. The van der Waals surface area contributed by atoms with Gasteiger partial charge in [-0.25, -0.2) is 0 Å². The Bertz CT molecular complexity index is 534. The number of benzene rings is 1. The average molecular weight is 289 g/mol. The van der Waals surface area contributed by atoms with Crippen LogP contribution in [0.5, 0.6) is 0 Å². The summed E-state index contributed by atoms with van der Waals surface area (Å²) in [7, 11) is 0. The standard InChI is InChI=1S/C16H19NO4/c18-15(13-5-6-14(13)16(19)20)11-1-3-12(4-2-11)17-7-9-21-10-8-17/h1-4,13-14H,5-10H2,(H,19,20)/t13-,14+/m0/s1. The van der Waals surface area contributed by atoms with Gasteiger partial charge >= 0.3 is 5.97 Å². The van der Waals surface area contributed by atoms with Crippen molar-refractivity contribution in [1.82, 2.24) is 0 Å². The fraction of sp³-hybridized carbons (Fsp3) is 0.500. The Hall–Kier alpha value is -1.88. The molecule has 1 aromatic rings. The van der Waals surface area contributed by atoms with Crippen molar-refractivity contribution in [2.24, 2.45) is 11.8 Å². The molecule has 1 saturated carbocycles. The molecule has 3 rings (SSSR count). The van der Waals surface area contributed by atoms with Crippen LogP contribution in [0, 0.1) is 11.8 Å². The van der Waals surface area contributed by atoms with Gasteiger partial charge in [-0.2, -0.15) is 0 Å². The molecule has 1 aliphatic heterocycles. The molecule has 2 aliphatic rings. The van der Waals surface area contributed by atoms with E-state index >= 15 is 0 Å². The lowest BCUT2D eigenvalue weighted by atomic mass is 9.70. The van der Waals surface area contributed by atoms with Crippen LogP contribution < -0.4 is 4.90 Å². The van der Waals surface area contributed by atoms with Crippen molar-refractivity contribution >= 4 is 17.4 Å². The van der Waals surface area contributed by atoms with Crippen LogP contribution in [0.25, 0.3) is 0 Å². The smallest absolute Gasteiger partial charge is 0.307 e. The second-order valence-electron chi connectivity index (χ2n) is 5.64. The predicted octanol–water partition coefficient (Wildman–Crippen LogP) is 1.82. The minimum Gasteiger partial charge on any atom is -0.481 e. The van der Waals surface area contributed by atoms with Gasteiger partial charge in [-0.1, -0.05) is 0 Å². The first-order valence-electron chi connectivity index (χ1n) is 7.36. The first-order chi connectivity index (χ1) is 10.2. The van der Waals surface area contributed by atoms with Gasteiger partial charge in [0.1, 0.15) is 0 Å². The number of rotatable bonds is 4. The summed E-state index contributed by atoms with van der Waals surface area (Å²) in [5.41, 5.74) is 1.70. The van der Waals surface area contributed by atoms with Crippen LogP contribution in [0.15, 0.2) is 24.3 Å². The minimum atomic E-state index is -0.857. The van der Waals surface area contributed by atoms with Crippen LogP contribution in [0.1, 0.15) is 23.2 Å². The Labute approximate surface area is 123 Å². The maximum atomic E-state index is 12.3. The van der Waals surface area contributed by atoms with Gasteiger partial charge in [0.25, 0.3) is 0 Å². The molecule has 1 heterocycles. The van der Waals surface area contributed by atoms with Gasteiger partial charge < -0.3 is 14.7 Å². The highest BCUT2D eigenvalue weighted by Gasteiger charge is 2.41. The summed E-state index contributed by atoms with van der Waals surface area (Å²) >= 11 is 0. The van der Waals surface area contributed by atoms with Crippen molar-refractivity contribution < 1.29 is 19.4 Å². The average Bonchev–Trinajstić information content (AvgIpc) is 2.46. The number of ketones is 1. The van der Waals surface area contributed by atoms with Gasteiger partial charge in [0.15, 0.2) is 5.78 Å². The molecule has 21 heavy (non-hydrogen) atoms. The Balaban J connectivity index is 1.69. The molecule has 5 heteroatoms. The third kappa shape index (κ3) is 2.78. The number of carboxylic acids is 1. The van der Waals surface area contributed by atoms with Crippen molar-refractivity contribution in [3.8, 4) is 0 Å². The van der Waals surface area contributed by atoms with Gasteiger partial charge in [-0.05, 0) is 37.1 Å². The van der Waals surface area contributed by atoms with Gasteiger partial charge in [-0.15, -0.1) is 0 Å². The van der Waals surface area contributed by atoms with Crippen LogP contribution >= 0.6 is 0 Å². The monoisotopic (exact) mass is 289 g/mol. The van der Waals surface area contributed by atoms with E-state index in [1.54, 1.807) is 0 Å². The molecule has 1 aromatic carbocycles. The predicted molar refractivity (Wildman–Crippen MR) is 77.7 cm³/mol. The molecule has 1 N–H and O–H groups in total. The highest BCUT2D eigenvalue weighted by Crippen LogP contribution is 2.37. The number of carboxylic acid groups (broad SMARTS) is 1. The molecule has 5 nitrogen and oxygen atoms in total. The van der Waals surface area contributed by atoms with E-state index in [0.29, 0.717) is 18.4 Å². The molecule has 0 unspecified atom stereocenters. The van der Waals surface area contributed by atoms with Crippen molar-refractivity contribution in [3.63, 3.8) is 0 Å². The number of nitrogens with zero attached hydrogens (tertiary/aromatic N) is 1. The van der Waals surface area contributed by atoms with E-state index in [2.05, 4.69) is 4.90 Å². The summed E-state index contributed by atoms with van der Waals surface area (Å²) < 4.78 is 5.32. The molecule has 1 saturated heterocycles. The highest BCUT2D eigenvalue weighted by molar-refractivity contribution is 6.01. The van der Waals surface area contributed by atoms with Gasteiger partial charge in [-0.3, -0.25) is 9.59 Å². The van der Waals surface area contributed by atoms with Crippen LogP contribution in [0.4, 0.5) is 5.69 Å². The Morgan fingerprint density at radius 2 is 1.67 bits per heavy atom. The fourth-order valence-corrected chi connectivity index (χ4v) is 2.98. The fourth-order valence-electron chi connectivity index (χ4n) is 2.98. The number of anilines is 1. The summed E-state index contributed by atoms with van der Waals surface area (Å²) in [5.74, 6) is -1.75. The first-order valence-corrected chi connectivity index (χ1v) is 7.36. The summed E-state index contributed by atoms with van der Waals surface area (Å²) in [5, 5.41) is 9.04. The first kappa shape index (κ1) is 14.1. The SMILES string of the molecule is O=C(c1ccc(N2CCOCC2)cc1)[C@H]1CC[C@H]1C(=O)O. The van der Waals surface area contributed by atoms with Gasteiger partial charge in [0.05, 0.1) is 19.1 Å². The normalized spacial score (nSPS) is 25.2. The number of Topliss-reactive ketones (excluding diaryl/α,β-unsaturated/α-hetero) is 1. The summed E-state index contributed by atoms with van der Waals surface area (Å²) in [6.45, 7) is 3.17. The van der Waals surface area contributed by atoms with Gasteiger partial charge in [0, 0.05) is 30.3 Å². The molecule has 112 valence electrons. The molecular formula is C16H19NO4. The maximum absolute atomic E-state index is 12.3. The van der Waals surface area contributed by atoms with Crippen LogP contribution in [0.3, 0.4) is 0 Å². The molecule has 0 aromatic heterocycles. The minimum absolute atomic E-state index is 0.0397. The topological polar surface area (TPSA) is 66.8 Å². The van der Waals surface area contributed by atoms with E-state index in [0.717, 1.165) is 32.0 Å². The zero-order valence-corrected chi connectivity index (χ0v) is 11.8. The molecule has 2 fully saturated rings. The molecule has 0 bridgehead atoms. The number of carbonyl (C=O) groups is 2. The highest BCUT2D eigenvalue weighted by atomic mass is 16.5. The zero-order chi connectivity index (χ0) is 14.8. The number of morpholine rings is 1. The van der Waals surface area contributed by atoms with E-state index < -0.39 is 11.9 Å². The largest absolute Gasteiger partial charge is 0.481 e. The van der Waals surface area contributed by atoms with E-state index in [-0.39, 0.29) is 11.7 Å². The van der Waals surface area contributed by atoms with E-state index in [9.17, 15) is 9.59 Å². The number of carbonyl (C=O) groups excluding carboxylic acids is 1. The second-order valence-corrected chi connectivity index (χ2v) is 5.64. The van der Waals surface area contributed by atoms with Crippen molar-refractivity contribution in [1.29, 1.82) is 0 Å². The number of hydrogen-bond donors (Lipinski definition) is 1. The third-order valence-electron chi connectivity index (χ3n) is 4.46. The lowest BCUT2D eigenvalue weighted by molar-refractivity contribution is -0.146. The number of aliphatic carboxylic acids is 1. The summed E-state index contributed by atoms with van der Waals surface area (Å²) in [6, 6.07) is 7.49. The van der Waals surface area contributed by atoms with Crippen LogP contribution in [0.2, 0.25) is 0 Å². The molecular weight excluding hydrogens is 270 g/mol. The van der Waals surface area contributed by atoms with Crippen molar-refractivity contribution in [3.05, 3.63) is 29.8 Å². The molecule has 0 radical (unpaired) electrons. The number of hydrogen-bond acceptors (Lipinski definition) is 4. The van der Waals surface area contributed by atoms with Crippen molar-refractivity contribution in [2.75, 3.05) is 31.2 Å².